The number of carbonyl (C=O) groups is 1. The Bertz CT molecular complexity index is 490. The van der Waals surface area contributed by atoms with Crippen LogP contribution in [-0.4, -0.2) is 41.4 Å². The Labute approximate surface area is 118 Å². The predicted molar refractivity (Wildman–Crippen MR) is 76.3 cm³/mol. The van der Waals surface area contributed by atoms with Crippen molar-refractivity contribution in [2.24, 2.45) is 5.16 Å². The quantitative estimate of drug-likeness (QED) is 0.677. The molecule has 0 saturated carbocycles. The molecule has 20 heavy (non-hydrogen) atoms. The topological polar surface area (TPSA) is 62.1 Å². The maximum Gasteiger partial charge on any atom is 0.226 e. The minimum absolute atomic E-state index is 0.0923. The van der Waals surface area contributed by atoms with Gasteiger partial charge in [0.1, 0.15) is 5.75 Å². The van der Waals surface area contributed by atoms with Crippen molar-refractivity contribution >= 4 is 11.6 Å². The van der Waals surface area contributed by atoms with Gasteiger partial charge in [-0.2, -0.15) is 0 Å². The highest BCUT2D eigenvalue weighted by molar-refractivity contribution is 5.87. The number of amides is 1. The van der Waals surface area contributed by atoms with E-state index in [1.807, 2.05) is 31.2 Å². The maximum absolute atomic E-state index is 12.0. The van der Waals surface area contributed by atoms with E-state index in [9.17, 15) is 4.79 Å². The van der Waals surface area contributed by atoms with Gasteiger partial charge in [0.25, 0.3) is 0 Å². The first-order valence-electron chi connectivity index (χ1n) is 6.86. The summed E-state index contributed by atoms with van der Waals surface area (Å²) in [6.45, 7) is 3.65. The number of benzene rings is 1. The van der Waals surface area contributed by atoms with E-state index in [0.717, 1.165) is 17.0 Å². The number of aryl methyl sites for hydroxylation is 1. The lowest BCUT2D eigenvalue weighted by molar-refractivity contribution is -0.131. The SMILES string of the molecule is Cc1cccc(OCCC(=O)N2CCC(=NO)CC2)c1. The van der Waals surface area contributed by atoms with Gasteiger partial charge in [-0.1, -0.05) is 17.3 Å². The Morgan fingerprint density at radius 1 is 1.40 bits per heavy atom. The minimum Gasteiger partial charge on any atom is -0.493 e. The zero-order valence-corrected chi connectivity index (χ0v) is 11.7. The van der Waals surface area contributed by atoms with Crippen LogP contribution < -0.4 is 4.74 Å². The Morgan fingerprint density at radius 3 is 2.80 bits per heavy atom. The molecule has 1 N–H and O–H groups in total. The number of rotatable bonds is 4. The number of oxime groups is 1. The molecule has 1 fully saturated rings. The van der Waals surface area contributed by atoms with Crippen LogP contribution in [0.3, 0.4) is 0 Å². The number of ether oxygens (including phenoxy) is 1. The molecular formula is C15H20N2O3. The van der Waals surface area contributed by atoms with Crippen LogP contribution in [0.25, 0.3) is 0 Å². The van der Waals surface area contributed by atoms with Crippen molar-refractivity contribution in [3.8, 4) is 5.75 Å². The summed E-state index contributed by atoms with van der Waals surface area (Å²) >= 11 is 0. The molecule has 108 valence electrons. The first-order chi connectivity index (χ1) is 9.69. The summed E-state index contributed by atoms with van der Waals surface area (Å²) in [7, 11) is 0. The fourth-order valence-electron chi connectivity index (χ4n) is 2.23. The van der Waals surface area contributed by atoms with Crippen molar-refractivity contribution in [3.05, 3.63) is 29.8 Å². The molecule has 0 aromatic heterocycles. The zero-order chi connectivity index (χ0) is 14.4. The summed E-state index contributed by atoms with van der Waals surface area (Å²) in [6, 6.07) is 7.79. The molecule has 5 heteroatoms. The molecule has 1 aliphatic heterocycles. The smallest absolute Gasteiger partial charge is 0.226 e. The highest BCUT2D eigenvalue weighted by Crippen LogP contribution is 2.13. The van der Waals surface area contributed by atoms with E-state index in [1.54, 1.807) is 4.90 Å². The molecule has 0 spiro atoms. The first-order valence-corrected chi connectivity index (χ1v) is 6.86. The molecule has 1 heterocycles. The van der Waals surface area contributed by atoms with Crippen LogP contribution in [0.5, 0.6) is 5.75 Å². The molecule has 0 aliphatic carbocycles. The summed E-state index contributed by atoms with van der Waals surface area (Å²) in [5, 5.41) is 11.9. The molecule has 0 bridgehead atoms. The van der Waals surface area contributed by atoms with E-state index in [2.05, 4.69) is 5.16 Å². The molecule has 0 atom stereocenters. The van der Waals surface area contributed by atoms with Gasteiger partial charge in [0.15, 0.2) is 0 Å². The average Bonchev–Trinajstić information content (AvgIpc) is 2.47. The standard InChI is InChI=1S/C15H20N2O3/c1-12-3-2-4-14(11-12)20-10-7-15(18)17-8-5-13(16-19)6-9-17/h2-4,11,19H,5-10H2,1H3. The van der Waals surface area contributed by atoms with Crippen molar-refractivity contribution in [3.63, 3.8) is 0 Å². The molecule has 1 saturated heterocycles. The molecule has 2 rings (SSSR count). The monoisotopic (exact) mass is 276 g/mol. The van der Waals surface area contributed by atoms with E-state index < -0.39 is 0 Å². The van der Waals surface area contributed by atoms with Crippen LogP contribution >= 0.6 is 0 Å². The van der Waals surface area contributed by atoms with E-state index in [0.29, 0.717) is 39.0 Å². The third kappa shape index (κ3) is 3.98. The van der Waals surface area contributed by atoms with Crippen LogP contribution in [0, 0.1) is 6.92 Å². The second-order valence-corrected chi connectivity index (χ2v) is 4.96. The fraction of sp³-hybridized carbons (Fsp3) is 0.467. The molecule has 5 nitrogen and oxygen atoms in total. The van der Waals surface area contributed by atoms with Gasteiger partial charge in [-0.15, -0.1) is 0 Å². The maximum atomic E-state index is 12.0. The van der Waals surface area contributed by atoms with Gasteiger partial charge in [-0.25, -0.2) is 0 Å². The molecule has 1 amide bonds. The van der Waals surface area contributed by atoms with Crippen LogP contribution in [0.1, 0.15) is 24.8 Å². The summed E-state index contributed by atoms with van der Waals surface area (Å²) in [5.74, 6) is 0.890. The zero-order valence-electron chi connectivity index (χ0n) is 11.7. The number of hydrogen-bond donors (Lipinski definition) is 1. The van der Waals surface area contributed by atoms with Crippen LogP contribution in [0.15, 0.2) is 29.4 Å². The predicted octanol–water partition coefficient (Wildman–Crippen LogP) is 2.22. The molecular weight excluding hydrogens is 256 g/mol. The lowest BCUT2D eigenvalue weighted by Gasteiger charge is -2.27. The van der Waals surface area contributed by atoms with Gasteiger partial charge in [0, 0.05) is 25.9 Å². The van der Waals surface area contributed by atoms with Crippen LogP contribution in [0.2, 0.25) is 0 Å². The molecule has 1 aromatic rings. The number of hydrogen-bond acceptors (Lipinski definition) is 4. The second kappa shape index (κ2) is 6.93. The normalized spacial score (nSPS) is 15.1. The van der Waals surface area contributed by atoms with Gasteiger partial charge in [-0.3, -0.25) is 4.79 Å². The highest BCUT2D eigenvalue weighted by Gasteiger charge is 2.19. The Balaban J connectivity index is 1.73. The van der Waals surface area contributed by atoms with Crippen molar-refractivity contribution < 1.29 is 14.7 Å². The van der Waals surface area contributed by atoms with Crippen molar-refractivity contribution in [1.82, 2.24) is 4.90 Å². The number of nitrogens with zero attached hydrogens (tertiary/aromatic N) is 2. The van der Waals surface area contributed by atoms with Gasteiger partial charge in [0.2, 0.25) is 5.91 Å². The average molecular weight is 276 g/mol. The Kier molecular flexibility index (Phi) is 4.98. The lowest BCUT2D eigenvalue weighted by atomic mass is 10.1. The first kappa shape index (κ1) is 14.4. The largest absolute Gasteiger partial charge is 0.493 e. The fourth-order valence-corrected chi connectivity index (χ4v) is 2.23. The number of carbonyl (C=O) groups excluding carboxylic acids is 1. The molecule has 1 aliphatic rings. The van der Waals surface area contributed by atoms with E-state index in [1.165, 1.54) is 0 Å². The van der Waals surface area contributed by atoms with Gasteiger partial charge in [0.05, 0.1) is 18.7 Å². The highest BCUT2D eigenvalue weighted by atomic mass is 16.5. The summed E-state index contributed by atoms with van der Waals surface area (Å²) < 4.78 is 5.58. The third-order valence-electron chi connectivity index (χ3n) is 3.41. The van der Waals surface area contributed by atoms with Crippen LogP contribution in [0.4, 0.5) is 0 Å². The van der Waals surface area contributed by atoms with Crippen LogP contribution in [-0.2, 0) is 4.79 Å². The molecule has 0 radical (unpaired) electrons. The number of likely N-dealkylation sites (tertiary alicyclic amines) is 1. The van der Waals surface area contributed by atoms with Gasteiger partial charge in [-0.05, 0) is 24.6 Å². The van der Waals surface area contributed by atoms with Crippen molar-refractivity contribution in [2.75, 3.05) is 19.7 Å². The third-order valence-corrected chi connectivity index (χ3v) is 3.41. The summed E-state index contributed by atoms with van der Waals surface area (Å²) in [5.41, 5.74) is 1.91. The molecule has 1 aromatic carbocycles. The van der Waals surface area contributed by atoms with E-state index in [4.69, 9.17) is 9.94 Å². The van der Waals surface area contributed by atoms with Gasteiger partial charge < -0.3 is 14.8 Å². The Hall–Kier alpha value is -2.04. The summed E-state index contributed by atoms with van der Waals surface area (Å²) in [6.07, 6.45) is 1.68. The lowest BCUT2D eigenvalue weighted by Crippen LogP contribution is -2.39. The van der Waals surface area contributed by atoms with E-state index in [-0.39, 0.29) is 5.91 Å². The van der Waals surface area contributed by atoms with E-state index >= 15 is 0 Å². The minimum atomic E-state index is 0.0923. The molecule has 0 unspecified atom stereocenters. The van der Waals surface area contributed by atoms with Crippen molar-refractivity contribution in [2.45, 2.75) is 26.2 Å². The van der Waals surface area contributed by atoms with Crippen molar-refractivity contribution in [1.29, 1.82) is 0 Å². The van der Waals surface area contributed by atoms with Gasteiger partial charge >= 0.3 is 0 Å². The Morgan fingerprint density at radius 2 is 2.15 bits per heavy atom. The summed E-state index contributed by atoms with van der Waals surface area (Å²) in [4.78, 5) is 13.8. The number of piperidine rings is 1. The second-order valence-electron chi connectivity index (χ2n) is 4.96.